The molecule has 0 bridgehead atoms. The molecule has 147 valence electrons. The SMILES string of the molecule is C[SiH]C.Cl.Cl.[C-]1=CC=CC1.[CH3-].[CH3-].[CH3-].[CH3-].[CH3-].[CH3-].[CH3-].[Zr].[c-]1ccc[nH]1. The maximum absolute atomic E-state index is 2.99. The van der Waals surface area contributed by atoms with E-state index in [1.54, 1.807) is 0 Å². The standard InChI is InChI=1S/C5H5.C4H4N.C2H7Si.7CH3.2ClH.Zr/c2*1-2-4-5-3-1;1-3-2;;;;;;;;;;/h1-3H,4H2;1-3,5H;3H,1-2H3;7*1H3;2*1H;/q2*-1;;7*-1;;;. The Kier molecular flexibility index (Phi) is 261. The molecule has 1 aliphatic carbocycles. The Bertz CT molecular complexity index is 202. The van der Waals surface area contributed by atoms with E-state index in [2.05, 4.69) is 36.4 Å². The second kappa shape index (κ2) is 78.8. The first-order valence-corrected chi connectivity index (χ1v) is 6.68. The zero-order chi connectivity index (χ0) is 9.78. The molecule has 0 saturated heterocycles. The van der Waals surface area contributed by atoms with Crippen LogP contribution in [0.1, 0.15) is 6.42 Å². The average Bonchev–Trinajstić information content (AvgIpc) is 2.85. The fraction of sp³-hybridized carbons (Fsp3) is 0.167. The van der Waals surface area contributed by atoms with Gasteiger partial charge >= 0.3 is 0 Å². The van der Waals surface area contributed by atoms with Gasteiger partial charge in [0.2, 0.25) is 0 Å². The van der Waals surface area contributed by atoms with Crippen LogP contribution in [-0.2, 0) is 26.2 Å². The van der Waals surface area contributed by atoms with Crippen LogP contribution in [0.15, 0.2) is 36.6 Å². The van der Waals surface area contributed by atoms with Crippen molar-refractivity contribution in [3.63, 3.8) is 0 Å². The molecule has 23 heavy (non-hydrogen) atoms. The molecule has 1 radical (unpaired) electrons. The Morgan fingerprint density at radius 3 is 1.43 bits per heavy atom. The van der Waals surface area contributed by atoms with Gasteiger partial charge in [-0.25, -0.2) is 12.2 Å². The summed E-state index contributed by atoms with van der Waals surface area (Å²) in [5.41, 5.74) is 0. The van der Waals surface area contributed by atoms with Crippen molar-refractivity contribution in [2.24, 2.45) is 0 Å². The maximum atomic E-state index is 2.99. The number of rotatable bonds is 0. The summed E-state index contributed by atoms with van der Waals surface area (Å²) >= 11 is 0. The van der Waals surface area contributed by atoms with Crippen LogP contribution in [0.2, 0.25) is 13.1 Å². The predicted molar refractivity (Wildman–Crippen MR) is 119 cm³/mol. The van der Waals surface area contributed by atoms with Crippen molar-refractivity contribution in [1.29, 1.82) is 0 Å². The second-order valence-electron chi connectivity index (χ2n) is 2.39. The summed E-state index contributed by atoms with van der Waals surface area (Å²) in [5, 5.41) is 0. The van der Waals surface area contributed by atoms with E-state index >= 15 is 0 Å². The third kappa shape index (κ3) is 86.0. The monoisotopic (exact) mass is 457 g/mol. The van der Waals surface area contributed by atoms with Crippen LogP contribution >= 0.6 is 24.8 Å². The summed E-state index contributed by atoms with van der Waals surface area (Å²) in [7, 11) is 0.750. The van der Waals surface area contributed by atoms with Crippen LogP contribution in [0.3, 0.4) is 0 Å². The number of nitrogens with one attached hydrogen (secondary N) is 1. The number of halogens is 2. The zero-order valence-electron chi connectivity index (χ0n) is 16.6. The maximum Gasteiger partial charge on any atom is 0.0213 e. The number of aromatic nitrogens is 1. The minimum Gasteiger partial charge on any atom is -0.484 e. The molecule has 5 heteroatoms. The molecule has 1 aliphatic rings. The van der Waals surface area contributed by atoms with Gasteiger partial charge in [0.25, 0.3) is 0 Å². The van der Waals surface area contributed by atoms with Crippen LogP contribution < -0.4 is 0 Å². The van der Waals surface area contributed by atoms with Crippen molar-refractivity contribution in [2.45, 2.75) is 19.5 Å². The van der Waals surface area contributed by atoms with Gasteiger partial charge < -0.3 is 57.0 Å². The van der Waals surface area contributed by atoms with Crippen molar-refractivity contribution >= 4 is 34.3 Å². The van der Waals surface area contributed by atoms with E-state index < -0.39 is 0 Å². The Balaban J connectivity index is -0.00000000874. The third-order valence-electron chi connectivity index (χ3n) is 1.03. The first kappa shape index (κ1) is 76.3. The van der Waals surface area contributed by atoms with Crippen LogP contribution in [0.25, 0.3) is 0 Å². The third-order valence-corrected chi connectivity index (χ3v) is 1.03. The van der Waals surface area contributed by atoms with Gasteiger partial charge in [-0.3, -0.25) is 6.08 Å². The summed E-state index contributed by atoms with van der Waals surface area (Å²) in [6.07, 6.45) is 14.6. The molecule has 1 heterocycles. The zero-order valence-corrected chi connectivity index (χ0v) is 21.8. The number of aromatic amines is 1. The predicted octanol–water partition coefficient (Wildman–Crippen LogP) is 6.63. The first-order chi connectivity index (χ1) is 6.41. The molecule has 1 nitrogen and oxygen atoms in total. The molecule has 0 saturated carbocycles. The number of H-pyrrole nitrogens is 1. The molecule has 0 aliphatic heterocycles. The Hall–Kier alpha value is 0.440. The molecule has 0 fully saturated rings. The Morgan fingerprint density at radius 2 is 1.35 bits per heavy atom. The van der Waals surface area contributed by atoms with Crippen LogP contribution in [0.4, 0.5) is 0 Å². The largest absolute Gasteiger partial charge is 0.484 e. The van der Waals surface area contributed by atoms with E-state index in [4.69, 9.17) is 0 Å². The quantitative estimate of drug-likeness (QED) is 0.331. The van der Waals surface area contributed by atoms with Gasteiger partial charge in [-0.05, 0) is 0 Å². The average molecular weight is 460 g/mol. The molecular weight excluding hydrogens is 420 g/mol. The molecule has 2 rings (SSSR count). The van der Waals surface area contributed by atoms with Crippen LogP contribution in [0.5, 0.6) is 0 Å². The van der Waals surface area contributed by atoms with Crippen molar-refractivity contribution in [3.8, 4) is 0 Å². The smallest absolute Gasteiger partial charge is 0.0213 e. The van der Waals surface area contributed by atoms with Gasteiger partial charge in [0.15, 0.2) is 0 Å². The van der Waals surface area contributed by atoms with Gasteiger partial charge in [-0.1, -0.05) is 13.1 Å². The van der Waals surface area contributed by atoms with Crippen molar-refractivity contribution < 1.29 is 26.2 Å². The molecular formula is C18H39Cl2NSiZr-9. The summed E-state index contributed by atoms with van der Waals surface area (Å²) in [6.45, 7) is 4.42. The molecule has 0 unspecified atom stereocenters. The summed E-state index contributed by atoms with van der Waals surface area (Å²) < 4.78 is 0. The molecule has 0 atom stereocenters. The summed E-state index contributed by atoms with van der Waals surface area (Å²) in [5.74, 6) is 0. The number of allylic oxidation sites excluding steroid dienone is 4. The number of hydrogen-bond donors (Lipinski definition) is 1. The van der Waals surface area contributed by atoms with Gasteiger partial charge in [0, 0.05) is 35.7 Å². The van der Waals surface area contributed by atoms with E-state index in [1.165, 1.54) is 0 Å². The fourth-order valence-corrected chi connectivity index (χ4v) is 0.581. The van der Waals surface area contributed by atoms with E-state index in [0.717, 1.165) is 15.9 Å². The second-order valence-corrected chi connectivity index (χ2v) is 3.55. The molecule has 0 spiro atoms. The number of hydrogen-bond acceptors (Lipinski definition) is 0. The van der Waals surface area contributed by atoms with E-state index in [9.17, 15) is 0 Å². The van der Waals surface area contributed by atoms with Gasteiger partial charge in [-0.2, -0.15) is 24.4 Å². The van der Waals surface area contributed by atoms with Crippen molar-refractivity contribution in [2.75, 3.05) is 0 Å². The van der Waals surface area contributed by atoms with E-state index in [1.807, 2.05) is 30.5 Å². The van der Waals surface area contributed by atoms with E-state index in [0.29, 0.717) is 0 Å². The molecule has 1 aromatic rings. The topological polar surface area (TPSA) is 15.8 Å². The fourth-order valence-electron chi connectivity index (χ4n) is 0.581. The minimum absolute atomic E-state index is 0. The molecule has 1 N–H and O–H groups in total. The Morgan fingerprint density at radius 1 is 0.913 bits per heavy atom. The van der Waals surface area contributed by atoms with Gasteiger partial charge in [0.05, 0.1) is 0 Å². The summed E-state index contributed by atoms with van der Waals surface area (Å²) in [4.78, 5) is 2.74. The van der Waals surface area contributed by atoms with Crippen molar-refractivity contribution in [3.05, 3.63) is 101 Å². The van der Waals surface area contributed by atoms with E-state index in [-0.39, 0.29) is 103 Å². The molecule has 0 aromatic carbocycles. The van der Waals surface area contributed by atoms with Crippen LogP contribution in [0, 0.1) is 64.3 Å². The van der Waals surface area contributed by atoms with Gasteiger partial charge in [-0.15, -0.1) is 37.4 Å². The molecule has 0 amide bonds. The Labute approximate surface area is 185 Å². The van der Waals surface area contributed by atoms with Crippen LogP contribution in [-0.4, -0.2) is 14.5 Å². The molecule has 1 aromatic heterocycles. The minimum atomic E-state index is 0. The normalized spacial score (nSPS) is 6.35. The van der Waals surface area contributed by atoms with Crippen molar-refractivity contribution in [1.82, 2.24) is 4.98 Å². The van der Waals surface area contributed by atoms with Gasteiger partial charge in [0.1, 0.15) is 0 Å². The summed E-state index contributed by atoms with van der Waals surface area (Å²) in [6, 6.07) is 3.71. The first-order valence-electron chi connectivity index (χ1n) is 4.37.